The first kappa shape index (κ1) is 22.5. The molecule has 0 spiro atoms. The number of pyridine rings is 1. The molecule has 1 aromatic carbocycles. The minimum atomic E-state index is -0.431. The van der Waals surface area contributed by atoms with Gasteiger partial charge in [-0.15, -0.1) is 0 Å². The van der Waals surface area contributed by atoms with Gasteiger partial charge in [0.25, 0.3) is 0 Å². The average Bonchev–Trinajstić information content (AvgIpc) is 3.27. The van der Waals surface area contributed by atoms with E-state index in [4.69, 9.17) is 23.7 Å². The molecule has 9 nitrogen and oxygen atoms in total. The van der Waals surface area contributed by atoms with E-state index in [2.05, 4.69) is 16.0 Å². The molecule has 1 aliphatic carbocycles. The molecule has 2 aromatic rings. The summed E-state index contributed by atoms with van der Waals surface area (Å²) in [5, 5.41) is 0.923. The predicted octanol–water partition coefficient (Wildman–Crippen LogP) is 4.09. The fourth-order valence-corrected chi connectivity index (χ4v) is 4.72. The molecule has 9 heteroatoms. The number of nitrogens with zero attached hydrogens (tertiary/aromatic N) is 3. The fraction of sp³-hybridized carbons (Fsp3) is 0.333. The van der Waals surface area contributed by atoms with Gasteiger partial charge < -0.3 is 23.7 Å². The SMILES string of the molecule is COc1ccc2nccc(OC3CN(C[C@@H]4CN(C5=COC=C(C6=CC=CCC6)O5)C(=O)O4)C3)c2c1. The third-order valence-corrected chi connectivity index (χ3v) is 6.62. The highest BCUT2D eigenvalue weighted by molar-refractivity contribution is 5.86. The Morgan fingerprint density at radius 3 is 2.92 bits per heavy atom. The van der Waals surface area contributed by atoms with Gasteiger partial charge in [-0.3, -0.25) is 9.88 Å². The molecule has 6 rings (SSSR count). The van der Waals surface area contributed by atoms with E-state index in [0.717, 1.165) is 53.9 Å². The lowest BCUT2D eigenvalue weighted by Gasteiger charge is -2.39. The normalized spacial score (nSPS) is 22.1. The Bertz CT molecular complexity index is 1290. The quantitative estimate of drug-likeness (QED) is 0.575. The van der Waals surface area contributed by atoms with Gasteiger partial charge in [-0.25, -0.2) is 9.69 Å². The summed E-state index contributed by atoms with van der Waals surface area (Å²) in [6, 6.07) is 7.63. The molecule has 1 aromatic heterocycles. The Kier molecular flexibility index (Phi) is 5.98. The van der Waals surface area contributed by atoms with Gasteiger partial charge in [0.2, 0.25) is 5.88 Å². The van der Waals surface area contributed by atoms with Gasteiger partial charge in [-0.05, 0) is 42.7 Å². The topological polar surface area (TPSA) is 82.6 Å². The molecule has 0 saturated carbocycles. The van der Waals surface area contributed by atoms with E-state index in [1.165, 1.54) is 11.2 Å². The number of aromatic nitrogens is 1. The lowest BCUT2D eigenvalue weighted by Crippen LogP contribution is -2.56. The first-order chi connectivity index (χ1) is 17.7. The minimum absolute atomic E-state index is 0.0540. The van der Waals surface area contributed by atoms with Crippen LogP contribution in [-0.4, -0.2) is 66.4 Å². The number of carbonyl (C=O) groups excluding carboxylic acids is 1. The average molecular weight is 490 g/mol. The standard InChI is InChI=1S/C27H27N3O6/c1-32-19-7-8-23-22(11-19)24(9-10-28-23)34-20-12-29(13-20)14-21-15-30(27(31)35-21)26-17-33-16-25(36-26)18-5-3-2-4-6-18/h2-3,5,7-11,16-17,20-21H,4,6,12-15H2,1H3/t21-/m1/s1. The third-order valence-electron chi connectivity index (χ3n) is 6.62. The number of carbonyl (C=O) groups is 1. The maximum atomic E-state index is 12.6. The highest BCUT2D eigenvalue weighted by atomic mass is 16.6. The van der Waals surface area contributed by atoms with Gasteiger partial charge in [0.05, 0.1) is 19.2 Å². The number of amides is 1. The number of hydrogen-bond donors (Lipinski definition) is 0. The maximum Gasteiger partial charge on any atom is 0.417 e. The van der Waals surface area contributed by atoms with E-state index in [1.54, 1.807) is 19.6 Å². The second-order valence-electron chi connectivity index (χ2n) is 9.10. The van der Waals surface area contributed by atoms with E-state index in [0.29, 0.717) is 24.7 Å². The van der Waals surface area contributed by atoms with Crippen LogP contribution in [0.4, 0.5) is 4.79 Å². The molecule has 4 heterocycles. The number of rotatable bonds is 7. The van der Waals surface area contributed by atoms with E-state index >= 15 is 0 Å². The second kappa shape index (κ2) is 9.58. The van der Waals surface area contributed by atoms with Gasteiger partial charge in [0.1, 0.15) is 30.0 Å². The van der Waals surface area contributed by atoms with Crippen LogP contribution in [0.5, 0.6) is 11.5 Å². The summed E-state index contributed by atoms with van der Waals surface area (Å²) >= 11 is 0. The number of allylic oxidation sites excluding steroid dienone is 4. The predicted molar refractivity (Wildman–Crippen MR) is 131 cm³/mol. The Morgan fingerprint density at radius 2 is 2.08 bits per heavy atom. The van der Waals surface area contributed by atoms with Crippen molar-refractivity contribution >= 4 is 17.0 Å². The van der Waals surface area contributed by atoms with Crippen LogP contribution in [-0.2, 0) is 14.2 Å². The molecule has 0 unspecified atom stereocenters. The van der Waals surface area contributed by atoms with Gasteiger partial charge in [0, 0.05) is 31.2 Å². The number of cyclic esters (lactones) is 1. The smallest absolute Gasteiger partial charge is 0.417 e. The number of fused-ring (bicyclic) bond motifs is 1. The summed E-state index contributed by atoms with van der Waals surface area (Å²) in [6.07, 6.45) is 12.0. The van der Waals surface area contributed by atoms with Crippen LogP contribution in [0.15, 0.2) is 78.4 Å². The van der Waals surface area contributed by atoms with Crippen molar-refractivity contribution in [3.8, 4) is 11.5 Å². The van der Waals surface area contributed by atoms with E-state index in [1.807, 2.05) is 36.4 Å². The highest BCUT2D eigenvalue weighted by Gasteiger charge is 2.39. The van der Waals surface area contributed by atoms with Crippen LogP contribution in [0, 0.1) is 0 Å². The van der Waals surface area contributed by atoms with Crippen LogP contribution in [0.25, 0.3) is 10.9 Å². The second-order valence-corrected chi connectivity index (χ2v) is 9.10. The van der Waals surface area contributed by atoms with E-state index < -0.39 is 6.09 Å². The maximum absolute atomic E-state index is 12.6. The summed E-state index contributed by atoms with van der Waals surface area (Å²) in [5.74, 6) is 2.52. The molecular formula is C27H27N3O6. The zero-order valence-electron chi connectivity index (χ0n) is 20.0. The summed E-state index contributed by atoms with van der Waals surface area (Å²) in [6.45, 7) is 2.52. The number of ether oxygens (including phenoxy) is 5. The Hall–Kier alpha value is -3.98. The number of methoxy groups -OCH3 is 1. The Balaban J connectivity index is 1.02. The molecule has 36 heavy (non-hydrogen) atoms. The van der Waals surface area contributed by atoms with E-state index in [-0.39, 0.29) is 12.2 Å². The van der Waals surface area contributed by atoms with Crippen LogP contribution < -0.4 is 9.47 Å². The molecule has 2 fully saturated rings. The fourth-order valence-electron chi connectivity index (χ4n) is 4.72. The number of benzene rings is 1. The van der Waals surface area contributed by atoms with Crippen molar-refractivity contribution in [2.75, 3.05) is 33.3 Å². The zero-order chi connectivity index (χ0) is 24.5. The molecule has 4 aliphatic rings. The Labute approximate surface area is 208 Å². The summed E-state index contributed by atoms with van der Waals surface area (Å²) in [4.78, 5) is 20.7. The van der Waals surface area contributed by atoms with Gasteiger partial charge in [-0.2, -0.15) is 0 Å². The van der Waals surface area contributed by atoms with Crippen LogP contribution in [0.1, 0.15) is 12.8 Å². The van der Waals surface area contributed by atoms with Crippen molar-refractivity contribution in [3.05, 3.63) is 78.4 Å². The molecule has 2 saturated heterocycles. The number of likely N-dealkylation sites (tertiary alicyclic amines) is 1. The number of hydrogen-bond acceptors (Lipinski definition) is 8. The molecule has 0 bridgehead atoms. The molecule has 3 aliphatic heterocycles. The first-order valence-corrected chi connectivity index (χ1v) is 12.1. The first-order valence-electron chi connectivity index (χ1n) is 12.1. The van der Waals surface area contributed by atoms with Gasteiger partial charge in [0.15, 0.2) is 12.0 Å². The summed E-state index contributed by atoms with van der Waals surface area (Å²) < 4.78 is 28.7. The van der Waals surface area contributed by atoms with Crippen molar-refractivity contribution in [2.45, 2.75) is 25.0 Å². The van der Waals surface area contributed by atoms with Gasteiger partial charge >= 0.3 is 6.09 Å². The third kappa shape index (κ3) is 4.49. The lowest BCUT2D eigenvalue weighted by molar-refractivity contribution is -0.00233. The highest BCUT2D eigenvalue weighted by Crippen LogP contribution is 2.31. The lowest BCUT2D eigenvalue weighted by atomic mass is 10.0. The monoisotopic (exact) mass is 489 g/mol. The van der Waals surface area contributed by atoms with Crippen LogP contribution in [0.2, 0.25) is 0 Å². The molecular weight excluding hydrogens is 462 g/mol. The van der Waals surface area contributed by atoms with Gasteiger partial charge in [-0.1, -0.05) is 18.2 Å². The van der Waals surface area contributed by atoms with Crippen molar-refractivity contribution < 1.29 is 28.5 Å². The molecule has 0 radical (unpaired) electrons. The molecule has 1 atom stereocenters. The van der Waals surface area contributed by atoms with Crippen LogP contribution in [0.3, 0.4) is 0 Å². The summed E-state index contributed by atoms with van der Waals surface area (Å²) in [5.41, 5.74) is 1.90. The van der Waals surface area contributed by atoms with Crippen molar-refractivity contribution in [1.82, 2.24) is 14.8 Å². The molecule has 186 valence electrons. The summed E-state index contributed by atoms with van der Waals surface area (Å²) in [7, 11) is 1.64. The zero-order valence-corrected chi connectivity index (χ0v) is 20.0. The van der Waals surface area contributed by atoms with Crippen molar-refractivity contribution in [1.29, 1.82) is 0 Å². The molecule has 1 amide bonds. The van der Waals surface area contributed by atoms with Crippen molar-refractivity contribution in [2.24, 2.45) is 0 Å². The molecule has 0 N–H and O–H groups in total. The van der Waals surface area contributed by atoms with E-state index in [9.17, 15) is 4.79 Å². The largest absolute Gasteiger partial charge is 0.497 e. The van der Waals surface area contributed by atoms with Crippen LogP contribution >= 0.6 is 0 Å². The Morgan fingerprint density at radius 1 is 1.17 bits per heavy atom. The minimum Gasteiger partial charge on any atom is -0.497 e. The van der Waals surface area contributed by atoms with Crippen molar-refractivity contribution in [3.63, 3.8) is 0 Å².